The van der Waals surface area contributed by atoms with Crippen molar-refractivity contribution in [2.24, 2.45) is 0 Å². The first-order valence-electron chi connectivity index (χ1n) is 8.18. The minimum absolute atomic E-state index is 0.218. The van der Waals surface area contributed by atoms with Crippen molar-refractivity contribution < 1.29 is 18.2 Å². The molecule has 0 spiro atoms. The summed E-state index contributed by atoms with van der Waals surface area (Å²) < 4.78 is 17.9. The normalized spacial score (nSPS) is 11.5. The molecule has 2 aromatic carbocycles. The van der Waals surface area contributed by atoms with Crippen LogP contribution in [0.15, 0.2) is 24.3 Å². The second-order valence-corrected chi connectivity index (χ2v) is 9.25. The van der Waals surface area contributed by atoms with Crippen molar-refractivity contribution in [3.05, 3.63) is 68.8 Å². The first-order valence-corrected chi connectivity index (χ1v) is 10.1. The van der Waals surface area contributed by atoms with E-state index >= 15 is 0 Å². The fourth-order valence-corrected chi connectivity index (χ4v) is 5.46. The molecule has 0 heterocycles. The van der Waals surface area contributed by atoms with Crippen molar-refractivity contribution in [3.8, 4) is 0 Å². The lowest BCUT2D eigenvalue weighted by atomic mass is 10.0. The molecule has 6 heteroatoms. The summed E-state index contributed by atoms with van der Waals surface area (Å²) in [5, 5.41) is 0. The van der Waals surface area contributed by atoms with Gasteiger partial charge in [0.15, 0.2) is 0 Å². The van der Waals surface area contributed by atoms with Crippen molar-refractivity contribution in [3.63, 3.8) is 0 Å². The van der Waals surface area contributed by atoms with Gasteiger partial charge in [-0.3, -0.25) is 14.2 Å². The van der Waals surface area contributed by atoms with Crippen LogP contribution < -0.4 is 0 Å². The van der Waals surface area contributed by atoms with E-state index in [0.29, 0.717) is 22.3 Å². The minimum Gasteiger partial charge on any atom is -0.282 e. The van der Waals surface area contributed by atoms with Gasteiger partial charge >= 0.3 is 7.37 Å². The summed E-state index contributed by atoms with van der Waals surface area (Å²) in [6.45, 7) is 10.7. The number of aryl methyl sites for hydroxylation is 6. The van der Waals surface area contributed by atoms with Gasteiger partial charge in [0.05, 0.1) is 11.9 Å². The van der Waals surface area contributed by atoms with Gasteiger partial charge in [-0.2, -0.15) is 0 Å². The molecule has 0 aliphatic rings. The zero-order chi connectivity index (χ0) is 19.8. The molecule has 0 saturated carbocycles. The van der Waals surface area contributed by atoms with Crippen molar-refractivity contribution in [2.75, 3.05) is 0 Å². The lowest BCUT2D eigenvalue weighted by molar-refractivity contribution is 0.101. The predicted molar refractivity (Wildman–Crippen MR) is 105 cm³/mol. The Bertz CT molecular complexity index is 843. The zero-order valence-electron chi connectivity index (χ0n) is 15.8. The summed E-state index contributed by atoms with van der Waals surface area (Å²) in [6.07, 6.45) is 0. The second kappa shape index (κ2) is 7.48. The van der Waals surface area contributed by atoms with Crippen molar-refractivity contribution in [2.45, 2.75) is 41.5 Å². The molecule has 2 rings (SSSR count). The van der Waals surface area contributed by atoms with E-state index in [1.54, 1.807) is 52.0 Å². The molecule has 2 aromatic rings. The first kappa shape index (κ1) is 20.6. The molecule has 0 unspecified atom stereocenters. The van der Waals surface area contributed by atoms with Crippen LogP contribution in [0.1, 0.15) is 54.1 Å². The van der Waals surface area contributed by atoms with Gasteiger partial charge in [0.2, 0.25) is 0 Å². The highest BCUT2D eigenvalue weighted by atomic mass is 35.5. The van der Waals surface area contributed by atoms with Crippen LogP contribution in [0.3, 0.4) is 0 Å². The average Bonchev–Trinajstić information content (AvgIpc) is 2.51. The Hall–Kier alpha value is -1.74. The smallest absolute Gasteiger partial charge is 0.282 e. The van der Waals surface area contributed by atoms with Crippen LogP contribution in [0.4, 0.5) is 0 Å². The molecular weight excluding hydrogens is 371 g/mol. The van der Waals surface area contributed by atoms with E-state index in [-0.39, 0.29) is 11.1 Å². The number of benzene rings is 2. The highest BCUT2D eigenvalue weighted by Gasteiger charge is 2.45. The average molecular weight is 393 g/mol. The third kappa shape index (κ3) is 3.55. The maximum Gasteiger partial charge on any atom is 0.356 e. The number of hydrogen-bond donors (Lipinski definition) is 0. The molecule has 0 atom stereocenters. The molecule has 4 nitrogen and oxygen atoms in total. The fraction of sp³-hybridized carbons (Fsp3) is 0.300. The van der Waals surface area contributed by atoms with Crippen LogP contribution in [-0.4, -0.2) is 11.0 Å². The zero-order valence-corrected chi connectivity index (χ0v) is 17.4. The van der Waals surface area contributed by atoms with Crippen molar-refractivity contribution in [1.82, 2.24) is 0 Å². The maximum absolute atomic E-state index is 13.3. The Morgan fingerprint density at radius 2 is 1.00 bits per heavy atom. The van der Waals surface area contributed by atoms with Gasteiger partial charge in [-0.1, -0.05) is 35.4 Å². The van der Waals surface area contributed by atoms with Gasteiger partial charge in [0.1, 0.15) is 0 Å². The van der Waals surface area contributed by atoms with E-state index in [2.05, 4.69) is 4.08 Å². The van der Waals surface area contributed by atoms with Gasteiger partial charge in [-0.25, -0.2) is 4.08 Å². The molecule has 0 aliphatic heterocycles. The largest absolute Gasteiger partial charge is 0.356 e. The van der Waals surface area contributed by atoms with Crippen LogP contribution in [0.2, 0.25) is 0 Å². The highest BCUT2D eigenvalue weighted by Crippen LogP contribution is 2.55. The number of carbonyl (C=O) groups excluding carboxylic acids is 2. The molecule has 0 saturated heterocycles. The van der Waals surface area contributed by atoms with Gasteiger partial charge in [0.25, 0.3) is 11.0 Å². The van der Waals surface area contributed by atoms with Crippen molar-refractivity contribution in [1.29, 1.82) is 0 Å². The van der Waals surface area contributed by atoms with E-state index in [9.17, 15) is 14.2 Å². The van der Waals surface area contributed by atoms with Gasteiger partial charge in [-0.15, -0.1) is 0 Å². The van der Waals surface area contributed by atoms with Gasteiger partial charge in [0, 0.05) is 11.1 Å². The molecule has 0 amide bonds. The molecule has 26 heavy (non-hydrogen) atoms. The summed E-state index contributed by atoms with van der Waals surface area (Å²) in [5.41, 5.74) is 3.16. The summed E-state index contributed by atoms with van der Waals surface area (Å²) in [4.78, 5) is 26.1. The Morgan fingerprint density at radius 1 is 0.731 bits per heavy atom. The number of hydrogen-bond acceptors (Lipinski definition) is 4. The molecule has 0 radical (unpaired) electrons. The number of halogens is 1. The molecular formula is C20H22ClO4P. The summed E-state index contributed by atoms with van der Waals surface area (Å²) in [7, 11) is -4.48. The molecule has 0 fully saturated rings. The second-order valence-electron chi connectivity index (χ2n) is 6.78. The Kier molecular flexibility index (Phi) is 5.92. The maximum atomic E-state index is 13.3. The van der Waals surface area contributed by atoms with E-state index in [4.69, 9.17) is 11.9 Å². The summed E-state index contributed by atoms with van der Waals surface area (Å²) >= 11 is 5.47. The van der Waals surface area contributed by atoms with Crippen LogP contribution in [0.25, 0.3) is 0 Å². The summed E-state index contributed by atoms with van der Waals surface area (Å²) in [5.74, 6) is 0. The van der Waals surface area contributed by atoms with E-state index < -0.39 is 18.4 Å². The first-order chi connectivity index (χ1) is 12.0. The van der Waals surface area contributed by atoms with Crippen LogP contribution in [0, 0.1) is 41.5 Å². The highest BCUT2D eigenvalue weighted by molar-refractivity contribution is 7.92. The van der Waals surface area contributed by atoms with Gasteiger partial charge in [-0.05, 0) is 63.8 Å². The topological polar surface area (TPSA) is 60.4 Å². The Labute approximate surface area is 159 Å². The quantitative estimate of drug-likeness (QED) is 0.588. The molecule has 0 N–H and O–H groups in total. The third-order valence-corrected chi connectivity index (χ3v) is 6.71. The number of carbonyl (C=O) groups is 2. The molecule has 0 aliphatic carbocycles. The van der Waals surface area contributed by atoms with E-state index in [0.717, 1.165) is 11.1 Å². The van der Waals surface area contributed by atoms with Gasteiger partial charge < -0.3 is 0 Å². The van der Waals surface area contributed by atoms with Crippen LogP contribution >= 0.6 is 19.2 Å². The van der Waals surface area contributed by atoms with Crippen molar-refractivity contribution >= 4 is 30.3 Å². The number of rotatable bonds is 5. The van der Waals surface area contributed by atoms with E-state index in [1.165, 1.54) is 0 Å². The lowest BCUT2D eigenvalue weighted by Crippen LogP contribution is -2.15. The SMILES string of the molecule is Cc1cc(C)c(C(=O)P(=O)(OCl)C(=O)c2c(C)cc(C)cc2C)c(C)c1. The standard InChI is InChI=1S/C20H22ClO4P/c1-11-7-13(3)17(14(4)8-11)19(22)26(24,25-21)20(23)18-15(5)9-12(2)10-16(18)6/h7-10H,1-6H3. The fourth-order valence-electron chi connectivity index (χ4n) is 3.48. The van der Waals surface area contributed by atoms with Crippen LogP contribution in [0.5, 0.6) is 0 Å². The lowest BCUT2D eigenvalue weighted by Gasteiger charge is -2.18. The Balaban J connectivity index is 2.64. The monoisotopic (exact) mass is 392 g/mol. The Morgan fingerprint density at radius 3 is 1.23 bits per heavy atom. The van der Waals surface area contributed by atoms with Crippen LogP contribution in [-0.2, 0) is 8.64 Å². The minimum atomic E-state index is -4.48. The molecule has 138 valence electrons. The summed E-state index contributed by atoms with van der Waals surface area (Å²) in [6, 6.07) is 7.19. The molecule has 0 aromatic heterocycles. The predicted octanol–water partition coefficient (Wildman–Crippen LogP) is 5.97. The van der Waals surface area contributed by atoms with E-state index in [1.807, 2.05) is 13.8 Å². The third-order valence-electron chi connectivity index (χ3n) is 4.41. The molecule has 0 bridgehead atoms.